The maximum Gasteiger partial charge on any atom is 0.329 e. The number of nitrogens with zero attached hydrogens (tertiary/aromatic N) is 2. The molecular weight excluding hydrogens is 398 g/mol. The van der Waals surface area contributed by atoms with Gasteiger partial charge in [-0.2, -0.15) is 0 Å². The fourth-order valence-electron chi connectivity index (χ4n) is 4.24. The molecule has 3 aromatic carbocycles. The zero-order chi connectivity index (χ0) is 22.1. The number of nitrogens with one attached hydrogen (secondary N) is 1. The molecule has 0 radical (unpaired) electrons. The summed E-state index contributed by atoms with van der Waals surface area (Å²) in [7, 11) is 0. The van der Waals surface area contributed by atoms with Gasteiger partial charge in [0, 0.05) is 28.7 Å². The molecule has 5 heteroatoms. The number of imide groups is 1. The highest BCUT2D eigenvalue weighted by Gasteiger charge is 2.33. The van der Waals surface area contributed by atoms with Crippen molar-refractivity contribution in [3.8, 4) is 0 Å². The minimum absolute atomic E-state index is 0.248. The second kappa shape index (κ2) is 8.19. The summed E-state index contributed by atoms with van der Waals surface area (Å²) in [6.07, 6.45) is 1.81. The van der Waals surface area contributed by atoms with Crippen LogP contribution in [0, 0.1) is 6.92 Å². The first kappa shape index (κ1) is 19.8. The van der Waals surface area contributed by atoms with Gasteiger partial charge in [-0.05, 0) is 30.2 Å². The fourth-order valence-corrected chi connectivity index (χ4v) is 4.24. The Morgan fingerprint density at radius 2 is 1.38 bits per heavy atom. The molecule has 1 aromatic heterocycles. The van der Waals surface area contributed by atoms with Crippen LogP contribution in [0.1, 0.15) is 22.4 Å². The molecule has 1 saturated heterocycles. The third-order valence-electron chi connectivity index (χ3n) is 5.90. The first-order valence-corrected chi connectivity index (χ1v) is 10.6. The zero-order valence-corrected chi connectivity index (χ0v) is 17.8. The van der Waals surface area contributed by atoms with Crippen molar-refractivity contribution in [2.45, 2.75) is 20.0 Å². The highest BCUT2D eigenvalue weighted by Crippen LogP contribution is 2.29. The molecule has 2 heterocycles. The van der Waals surface area contributed by atoms with Gasteiger partial charge in [-0.1, -0.05) is 78.9 Å². The molecule has 32 heavy (non-hydrogen) atoms. The first-order valence-electron chi connectivity index (χ1n) is 10.6. The van der Waals surface area contributed by atoms with Crippen molar-refractivity contribution in [2.75, 3.05) is 0 Å². The Morgan fingerprint density at radius 3 is 2.06 bits per heavy atom. The van der Waals surface area contributed by atoms with E-state index in [1.165, 1.54) is 10.5 Å². The van der Waals surface area contributed by atoms with E-state index in [1.807, 2.05) is 66.7 Å². The summed E-state index contributed by atoms with van der Waals surface area (Å²) >= 11 is 0. The van der Waals surface area contributed by atoms with E-state index in [0.29, 0.717) is 5.70 Å². The van der Waals surface area contributed by atoms with Crippen molar-refractivity contribution in [1.29, 1.82) is 0 Å². The monoisotopic (exact) mass is 421 g/mol. The summed E-state index contributed by atoms with van der Waals surface area (Å²) in [5.74, 6) is -0.307. The number of carbonyl (C=O) groups is 2. The second-order valence-electron chi connectivity index (χ2n) is 7.95. The van der Waals surface area contributed by atoms with Crippen LogP contribution in [0.3, 0.4) is 0 Å². The molecule has 0 bridgehead atoms. The van der Waals surface area contributed by atoms with Crippen molar-refractivity contribution in [3.63, 3.8) is 0 Å². The number of hydrogen-bond donors (Lipinski definition) is 1. The third kappa shape index (κ3) is 3.58. The molecule has 1 aliphatic rings. The number of para-hydroxylation sites is 1. The molecule has 0 saturated carbocycles. The van der Waals surface area contributed by atoms with Gasteiger partial charge in [0.05, 0.1) is 6.54 Å². The lowest BCUT2D eigenvalue weighted by molar-refractivity contribution is -0.123. The average Bonchev–Trinajstić information content (AvgIpc) is 3.24. The molecule has 0 aliphatic carbocycles. The summed E-state index contributed by atoms with van der Waals surface area (Å²) in [6, 6.07) is 27.6. The molecule has 5 nitrogen and oxygen atoms in total. The molecule has 1 N–H and O–H groups in total. The van der Waals surface area contributed by atoms with Crippen LogP contribution in [0.15, 0.2) is 90.6 Å². The van der Waals surface area contributed by atoms with E-state index >= 15 is 0 Å². The third-order valence-corrected chi connectivity index (χ3v) is 5.90. The van der Waals surface area contributed by atoms with Crippen molar-refractivity contribution in [1.82, 2.24) is 14.8 Å². The molecular formula is C27H23N3O2. The quantitative estimate of drug-likeness (QED) is 0.360. The van der Waals surface area contributed by atoms with Gasteiger partial charge in [0.25, 0.3) is 5.91 Å². The topological polar surface area (TPSA) is 54.3 Å². The lowest BCUT2D eigenvalue weighted by atomic mass is 10.1. The van der Waals surface area contributed by atoms with Crippen LogP contribution in [0.5, 0.6) is 0 Å². The summed E-state index contributed by atoms with van der Waals surface area (Å²) < 4.78 is 2.25. The summed E-state index contributed by atoms with van der Waals surface area (Å²) in [6.45, 7) is 3.03. The first-order chi connectivity index (χ1) is 15.6. The van der Waals surface area contributed by atoms with Gasteiger partial charge in [-0.25, -0.2) is 4.79 Å². The van der Waals surface area contributed by atoms with Gasteiger partial charge in [0.15, 0.2) is 0 Å². The van der Waals surface area contributed by atoms with E-state index < -0.39 is 6.03 Å². The number of fused-ring (bicyclic) bond motifs is 1. The molecule has 1 fully saturated rings. The number of benzene rings is 3. The van der Waals surface area contributed by atoms with E-state index in [2.05, 4.69) is 41.1 Å². The van der Waals surface area contributed by atoms with Crippen LogP contribution in [-0.2, 0) is 17.9 Å². The van der Waals surface area contributed by atoms with E-state index in [-0.39, 0.29) is 12.5 Å². The minimum Gasteiger partial charge on any atom is -0.340 e. The van der Waals surface area contributed by atoms with Crippen LogP contribution in [-0.4, -0.2) is 21.4 Å². The maximum absolute atomic E-state index is 13.0. The average molecular weight is 422 g/mol. The van der Waals surface area contributed by atoms with Crippen LogP contribution in [0.4, 0.5) is 4.79 Å². The van der Waals surface area contributed by atoms with Crippen LogP contribution in [0.25, 0.3) is 17.0 Å². The highest BCUT2D eigenvalue weighted by atomic mass is 16.2. The van der Waals surface area contributed by atoms with Gasteiger partial charge in [0.2, 0.25) is 0 Å². The Hall–Kier alpha value is -4.12. The van der Waals surface area contributed by atoms with Gasteiger partial charge in [-0.15, -0.1) is 0 Å². The lowest BCUT2D eigenvalue weighted by Gasteiger charge is -2.11. The highest BCUT2D eigenvalue weighted by molar-refractivity contribution is 6.14. The fraction of sp³-hybridized carbons (Fsp3) is 0.111. The normalized spacial score (nSPS) is 15.0. The zero-order valence-electron chi connectivity index (χ0n) is 17.8. The van der Waals surface area contributed by atoms with Gasteiger partial charge in [0.1, 0.15) is 5.70 Å². The molecule has 0 atom stereocenters. The predicted molar refractivity (Wildman–Crippen MR) is 126 cm³/mol. The largest absolute Gasteiger partial charge is 0.340 e. The number of amides is 3. The number of aromatic nitrogens is 1. The van der Waals surface area contributed by atoms with Crippen molar-refractivity contribution >= 4 is 28.9 Å². The lowest BCUT2D eigenvalue weighted by Crippen LogP contribution is -2.30. The molecule has 0 spiro atoms. The molecule has 3 amide bonds. The maximum atomic E-state index is 13.0. The van der Waals surface area contributed by atoms with Gasteiger partial charge in [-0.3, -0.25) is 9.69 Å². The standard InChI is InChI=1S/C27H23N3O2/c1-19-23(16-24-26(31)30(27(32)28-24)18-21-12-6-3-7-13-21)22-14-8-9-15-25(22)29(19)17-20-10-4-2-5-11-20/h2-16H,17-18H2,1H3,(H,28,32)/b24-16+. The number of carbonyl (C=O) groups excluding carboxylic acids is 2. The van der Waals surface area contributed by atoms with Crippen molar-refractivity contribution < 1.29 is 9.59 Å². The second-order valence-corrected chi connectivity index (χ2v) is 7.95. The molecule has 0 unspecified atom stereocenters. The Bertz CT molecular complexity index is 1340. The number of urea groups is 1. The molecule has 4 aromatic rings. The van der Waals surface area contributed by atoms with Gasteiger partial charge >= 0.3 is 6.03 Å². The van der Waals surface area contributed by atoms with Crippen LogP contribution in [0.2, 0.25) is 0 Å². The summed E-state index contributed by atoms with van der Waals surface area (Å²) in [5, 5.41) is 3.82. The van der Waals surface area contributed by atoms with E-state index in [9.17, 15) is 9.59 Å². The molecule has 5 rings (SSSR count). The Kier molecular flexibility index (Phi) is 5.07. The SMILES string of the molecule is Cc1c(/C=C2/NC(=O)N(Cc3ccccc3)C2=O)c2ccccc2n1Cc1ccccc1. The Balaban J connectivity index is 1.52. The smallest absolute Gasteiger partial charge is 0.329 e. The van der Waals surface area contributed by atoms with E-state index in [1.54, 1.807) is 0 Å². The van der Waals surface area contributed by atoms with Crippen molar-refractivity contribution in [3.05, 3.63) is 113 Å². The summed E-state index contributed by atoms with van der Waals surface area (Å²) in [4.78, 5) is 26.8. The number of hydrogen-bond acceptors (Lipinski definition) is 2. The Morgan fingerprint density at radius 1 is 0.781 bits per heavy atom. The van der Waals surface area contributed by atoms with E-state index in [4.69, 9.17) is 0 Å². The molecule has 1 aliphatic heterocycles. The molecule has 158 valence electrons. The Labute approximate surface area is 186 Å². The van der Waals surface area contributed by atoms with Gasteiger partial charge < -0.3 is 9.88 Å². The number of rotatable bonds is 5. The van der Waals surface area contributed by atoms with Crippen LogP contribution < -0.4 is 5.32 Å². The summed E-state index contributed by atoms with van der Waals surface area (Å²) in [5.41, 5.74) is 5.51. The van der Waals surface area contributed by atoms with Crippen LogP contribution >= 0.6 is 0 Å². The predicted octanol–water partition coefficient (Wildman–Crippen LogP) is 5.09. The van der Waals surface area contributed by atoms with E-state index in [0.717, 1.165) is 34.3 Å². The minimum atomic E-state index is -0.393. The van der Waals surface area contributed by atoms with Crippen molar-refractivity contribution in [2.24, 2.45) is 0 Å².